The zero-order chi connectivity index (χ0) is 27.0. The second-order valence-corrected chi connectivity index (χ2v) is 9.86. The Bertz CT molecular complexity index is 1670. The summed E-state index contributed by atoms with van der Waals surface area (Å²) in [5.74, 6) is -1.26. The van der Waals surface area contributed by atoms with Crippen molar-refractivity contribution in [2.45, 2.75) is 13.5 Å². The van der Waals surface area contributed by atoms with Crippen molar-refractivity contribution in [1.82, 2.24) is 5.32 Å². The van der Waals surface area contributed by atoms with Crippen molar-refractivity contribution >= 4 is 75.2 Å². The smallest absolute Gasteiger partial charge is 0.335 e. The van der Waals surface area contributed by atoms with Gasteiger partial charge in [0, 0.05) is 16.1 Å². The fourth-order valence-corrected chi connectivity index (χ4v) is 4.69. The van der Waals surface area contributed by atoms with E-state index in [1.165, 1.54) is 24.3 Å². The lowest BCUT2D eigenvalue weighted by Gasteiger charge is -2.26. The first kappa shape index (κ1) is 25.8. The van der Waals surface area contributed by atoms with Crippen LogP contribution in [0.25, 0.3) is 16.8 Å². The van der Waals surface area contributed by atoms with E-state index in [1.54, 1.807) is 18.2 Å². The van der Waals surface area contributed by atoms with E-state index in [-0.39, 0.29) is 27.9 Å². The Morgan fingerprint density at radius 1 is 0.895 bits per heavy atom. The van der Waals surface area contributed by atoms with Crippen LogP contribution in [-0.4, -0.2) is 17.8 Å². The fourth-order valence-electron chi connectivity index (χ4n) is 4.22. The third-order valence-corrected chi connectivity index (χ3v) is 7.16. The van der Waals surface area contributed by atoms with Gasteiger partial charge in [-0.1, -0.05) is 71.2 Å². The highest BCUT2D eigenvalue weighted by molar-refractivity contribution is 6.43. The van der Waals surface area contributed by atoms with Crippen LogP contribution in [0.4, 0.5) is 10.5 Å². The molecule has 0 radical (unpaired) electrons. The van der Waals surface area contributed by atoms with Gasteiger partial charge in [0.1, 0.15) is 17.9 Å². The van der Waals surface area contributed by atoms with Gasteiger partial charge >= 0.3 is 6.03 Å². The van der Waals surface area contributed by atoms with Gasteiger partial charge in [-0.15, -0.1) is 0 Å². The Hall–Kier alpha value is -3.84. The molecule has 9 heteroatoms. The molecule has 0 spiro atoms. The summed E-state index contributed by atoms with van der Waals surface area (Å²) in [7, 11) is 0. The first-order valence-corrected chi connectivity index (χ1v) is 12.6. The van der Waals surface area contributed by atoms with Crippen molar-refractivity contribution in [2.75, 3.05) is 4.90 Å². The third kappa shape index (κ3) is 4.98. The maximum atomic E-state index is 13.3. The second-order valence-electron chi connectivity index (χ2n) is 8.61. The molecule has 0 atom stereocenters. The van der Waals surface area contributed by atoms with E-state index >= 15 is 0 Å². The van der Waals surface area contributed by atoms with E-state index in [1.807, 2.05) is 37.3 Å². The first-order valence-electron chi connectivity index (χ1n) is 11.5. The first-order chi connectivity index (χ1) is 18.2. The number of imide groups is 2. The lowest BCUT2D eigenvalue weighted by molar-refractivity contribution is -0.122. The summed E-state index contributed by atoms with van der Waals surface area (Å²) in [4.78, 5) is 39.4. The molecule has 5 rings (SSSR count). The molecule has 4 amide bonds. The molecule has 1 fully saturated rings. The van der Waals surface area contributed by atoms with Gasteiger partial charge in [-0.05, 0) is 65.7 Å². The standard InChI is InChI=1S/C29H19Cl3N2O4/c1-16-6-7-17-4-2-3-5-21(17)23(16)15-38-26-11-8-19(30)12-18(26)13-22-27(35)33-29(37)34(28(22)36)20-9-10-24(31)25(32)14-20/h2-14H,15H2,1H3,(H,33,35,37)/b22-13+. The highest BCUT2D eigenvalue weighted by Gasteiger charge is 2.37. The summed E-state index contributed by atoms with van der Waals surface area (Å²) in [5, 5.41) is 5.14. The largest absolute Gasteiger partial charge is 0.488 e. The average molecular weight is 566 g/mol. The van der Waals surface area contributed by atoms with Crippen LogP contribution in [0.5, 0.6) is 5.75 Å². The molecule has 1 N–H and O–H groups in total. The minimum Gasteiger partial charge on any atom is -0.488 e. The molecule has 38 heavy (non-hydrogen) atoms. The van der Waals surface area contributed by atoms with Crippen LogP contribution in [0.3, 0.4) is 0 Å². The number of rotatable bonds is 5. The molecule has 0 bridgehead atoms. The van der Waals surface area contributed by atoms with Crippen molar-refractivity contribution in [3.8, 4) is 5.75 Å². The minimum atomic E-state index is -0.899. The van der Waals surface area contributed by atoms with E-state index in [0.29, 0.717) is 16.3 Å². The number of halogens is 3. The van der Waals surface area contributed by atoms with Crippen LogP contribution >= 0.6 is 34.8 Å². The van der Waals surface area contributed by atoms with E-state index in [2.05, 4.69) is 11.4 Å². The molecule has 0 saturated carbocycles. The Labute approximate surface area is 233 Å². The summed E-state index contributed by atoms with van der Waals surface area (Å²) >= 11 is 18.3. The normalized spacial score (nSPS) is 14.8. The maximum Gasteiger partial charge on any atom is 0.335 e. The zero-order valence-electron chi connectivity index (χ0n) is 19.9. The van der Waals surface area contributed by atoms with Crippen LogP contribution in [0.2, 0.25) is 15.1 Å². The van der Waals surface area contributed by atoms with Gasteiger partial charge in [-0.3, -0.25) is 14.9 Å². The van der Waals surface area contributed by atoms with Gasteiger partial charge in [-0.25, -0.2) is 9.69 Å². The molecule has 0 aromatic heterocycles. The Kier molecular flexibility index (Phi) is 7.13. The average Bonchev–Trinajstić information content (AvgIpc) is 2.89. The SMILES string of the molecule is Cc1ccc2ccccc2c1COc1ccc(Cl)cc1/C=C1\C(=O)NC(=O)N(c2ccc(Cl)c(Cl)c2)C1=O. The summed E-state index contributed by atoms with van der Waals surface area (Å²) in [6.45, 7) is 2.26. The molecule has 190 valence electrons. The number of barbiturate groups is 1. The van der Waals surface area contributed by atoms with Crippen molar-refractivity contribution in [3.63, 3.8) is 0 Å². The third-order valence-electron chi connectivity index (χ3n) is 6.18. The van der Waals surface area contributed by atoms with E-state index in [0.717, 1.165) is 26.8 Å². The molecule has 1 saturated heterocycles. The number of anilines is 1. The molecular formula is C29H19Cl3N2O4. The van der Waals surface area contributed by atoms with Crippen LogP contribution in [-0.2, 0) is 16.2 Å². The molecule has 0 unspecified atom stereocenters. The lowest BCUT2D eigenvalue weighted by Crippen LogP contribution is -2.54. The van der Waals surface area contributed by atoms with Crippen LogP contribution in [0.15, 0.2) is 78.4 Å². The molecule has 6 nitrogen and oxygen atoms in total. The van der Waals surface area contributed by atoms with Crippen LogP contribution in [0, 0.1) is 6.92 Å². The highest BCUT2D eigenvalue weighted by Crippen LogP contribution is 2.32. The number of benzene rings is 4. The number of carbonyl (C=O) groups is 3. The number of nitrogens with one attached hydrogen (secondary N) is 1. The van der Waals surface area contributed by atoms with Crippen molar-refractivity contribution < 1.29 is 19.1 Å². The lowest BCUT2D eigenvalue weighted by atomic mass is 10.0. The van der Waals surface area contributed by atoms with Crippen LogP contribution < -0.4 is 15.0 Å². The Morgan fingerprint density at radius 3 is 2.47 bits per heavy atom. The molecule has 1 aliphatic heterocycles. The second kappa shape index (κ2) is 10.5. The summed E-state index contributed by atoms with van der Waals surface area (Å²) < 4.78 is 6.18. The van der Waals surface area contributed by atoms with Crippen molar-refractivity contribution in [1.29, 1.82) is 0 Å². The number of aryl methyl sites for hydroxylation is 1. The van der Waals surface area contributed by atoms with E-state index in [9.17, 15) is 14.4 Å². The minimum absolute atomic E-state index is 0.154. The number of hydrogen-bond acceptors (Lipinski definition) is 4. The van der Waals surface area contributed by atoms with Gasteiger partial charge in [0.15, 0.2) is 0 Å². The quantitative estimate of drug-likeness (QED) is 0.203. The molecule has 1 heterocycles. The molecule has 0 aliphatic carbocycles. The van der Waals surface area contributed by atoms with Gasteiger partial charge in [0.05, 0.1) is 15.7 Å². The number of carbonyl (C=O) groups excluding carboxylic acids is 3. The predicted molar refractivity (Wildman–Crippen MR) is 150 cm³/mol. The number of nitrogens with zero attached hydrogens (tertiary/aromatic N) is 1. The predicted octanol–water partition coefficient (Wildman–Crippen LogP) is 7.35. The number of hydrogen-bond donors (Lipinski definition) is 1. The number of fused-ring (bicyclic) bond motifs is 1. The molecular weight excluding hydrogens is 547 g/mol. The van der Waals surface area contributed by atoms with E-state index < -0.39 is 17.8 Å². The van der Waals surface area contributed by atoms with Gasteiger partial charge in [0.2, 0.25) is 0 Å². The van der Waals surface area contributed by atoms with Crippen molar-refractivity contribution in [2.24, 2.45) is 0 Å². The zero-order valence-corrected chi connectivity index (χ0v) is 22.2. The van der Waals surface area contributed by atoms with Crippen molar-refractivity contribution in [3.05, 3.63) is 110 Å². The number of ether oxygens (including phenoxy) is 1. The summed E-state index contributed by atoms with van der Waals surface area (Å²) in [6, 6.07) is 20.4. The number of urea groups is 1. The van der Waals surface area contributed by atoms with Gasteiger partial charge in [0.25, 0.3) is 11.8 Å². The van der Waals surface area contributed by atoms with Gasteiger partial charge in [-0.2, -0.15) is 0 Å². The van der Waals surface area contributed by atoms with Crippen LogP contribution in [0.1, 0.15) is 16.7 Å². The number of amides is 4. The Balaban J connectivity index is 1.50. The molecule has 4 aromatic carbocycles. The fraction of sp³-hybridized carbons (Fsp3) is 0.0690. The Morgan fingerprint density at radius 2 is 1.68 bits per heavy atom. The highest BCUT2D eigenvalue weighted by atomic mass is 35.5. The molecule has 1 aliphatic rings. The van der Waals surface area contributed by atoms with Gasteiger partial charge < -0.3 is 4.74 Å². The monoisotopic (exact) mass is 564 g/mol. The van der Waals surface area contributed by atoms with E-state index in [4.69, 9.17) is 39.5 Å². The molecule has 4 aromatic rings. The maximum absolute atomic E-state index is 13.3. The summed E-state index contributed by atoms with van der Waals surface area (Å²) in [5.41, 5.74) is 2.37. The topological polar surface area (TPSA) is 75.7 Å². The summed E-state index contributed by atoms with van der Waals surface area (Å²) in [6.07, 6.45) is 1.35.